The van der Waals surface area contributed by atoms with Gasteiger partial charge in [-0.25, -0.2) is 0 Å². The molecule has 0 radical (unpaired) electrons. The van der Waals surface area contributed by atoms with Crippen LogP contribution in [0.25, 0.3) is 0 Å². The first-order valence-corrected chi connectivity index (χ1v) is 4.05. The second-order valence-corrected chi connectivity index (χ2v) is 2.91. The van der Waals surface area contributed by atoms with E-state index in [1.807, 2.05) is 0 Å². The van der Waals surface area contributed by atoms with Gasteiger partial charge in [-0.3, -0.25) is 4.79 Å². The minimum absolute atomic E-state index is 0.0956. The van der Waals surface area contributed by atoms with Crippen molar-refractivity contribution in [1.29, 1.82) is 0 Å². The van der Waals surface area contributed by atoms with E-state index in [-0.39, 0.29) is 22.8 Å². The molecule has 6 heteroatoms. The summed E-state index contributed by atoms with van der Waals surface area (Å²) in [5.74, 6) is -2.08. The van der Waals surface area contributed by atoms with Crippen molar-refractivity contribution in [2.75, 3.05) is 7.11 Å². The predicted molar refractivity (Wildman–Crippen MR) is 50.9 cm³/mol. The number of phenols is 2. The fourth-order valence-corrected chi connectivity index (χ4v) is 1.15. The summed E-state index contributed by atoms with van der Waals surface area (Å²) in [6.07, 6.45) is 0. The lowest BCUT2D eigenvalue weighted by Crippen LogP contribution is -2.20. The molecular weight excluding hydrogens is 202 g/mol. The van der Waals surface area contributed by atoms with Gasteiger partial charge in [0.2, 0.25) is 5.75 Å². The summed E-state index contributed by atoms with van der Waals surface area (Å²) >= 11 is 0. The van der Waals surface area contributed by atoms with Crippen molar-refractivity contribution < 1.29 is 24.9 Å². The number of carboxylic acids is 1. The van der Waals surface area contributed by atoms with Crippen molar-refractivity contribution >= 4 is 5.97 Å². The smallest absolute Gasteiger partial charge is 0.325 e. The molecule has 1 aromatic carbocycles. The van der Waals surface area contributed by atoms with Gasteiger partial charge in [0.25, 0.3) is 0 Å². The van der Waals surface area contributed by atoms with Gasteiger partial charge >= 0.3 is 5.97 Å². The number of nitrogens with two attached hydrogens (primary N) is 1. The number of carbonyl (C=O) groups is 1. The molecule has 15 heavy (non-hydrogen) atoms. The molecular formula is C9H11NO5. The number of aromatic hydroxyl groups is 2. The zero-order valence-corrected chi connectivity index (χ0v) is 7.97. The molecule has 0 fully saturated rings. The van der Waals surface area contributed by atoms with Crippen LogP contribution in [-0.4, -0.2) is 28.4 Å². The van der Waals surface area contributed by atoms with Gasteiger partial charge in [-0.05, 0) is 17.7 Å². The van der Waals surface area contributed by atoms with Crippen LogP contribution in [-0.2, 0) is 4.79 Å². The normalized spacial score (nSPS) is 12.1. The average molecular weight is 213 g/mol. The van der Waals surface area contributed by atoms with Crippen molar-refractivity contribution in [1.82, 2.24) is 0 Å². The second-order valence-electron chi connectivity index (χ2n) is 2.91. The van der Waals surface area contributed by atoms with E-state index < -0.39 is 12.0 Å². The first-order chi connectivity index (χ1) is 6.97. The van der Waals surface area contributed by atoms with E-state index in [9.17, 15) is 15.0 Å². The summed E-state index contributed by atoms with van der Waals surface area (Å²) in [6.45, 7) is 0. The van der Waals surface area contributed by atoms with Gasteiger partial charge in [-0.15, -0.1) is 0 Å². The number of carboxylic acid groups (broad SMARTS) is 1. The van der Waals surface area contributed by atoms with Crippen LogP contribution in [0.5, 0.6) is 17.2 Å². The van der Waals surface area contributed by atoms with E-state index >= 15 is 0 Å². The first-order valence-electron chi connectivity index (χ1n) is 4.05. The number of ether oxygens (including phenoxy) is 1. The predicted octanol–water partition coefficient (Wildman–Crippen LogP) is 0.191. The van der Waals surface area contributed by atoms with Crippen molar-refractivity contribution in [3.05, 3.63) is 17.7 Å². The molecule has 0 bridgehead atoms. The van der Waals surface area contributed by atoms with Gasteiger partial charge in [0.15, 0.2) is 11.5 Å². The highest BCUT2D eigenvalue weighted by atomic mass is 16.5. The Morgan fingerprint density at radius 3 is 2.20 bits per heavy atom. The van der Waals surface area contributed by atoms with Crippen LogP contribution >= 0.6 is 0 Å². The van der Waals surface area contributed by atoms with Crippen LogP contribution in [0.15, 0.2) is 12.1 Å². The summed E-state index contributed by atoms with van der Waals surface area (Å²) in [7, 11) is 1.27. The maximum absolute atomic E-state index is 10.6. The molecule has 0 aliphatic rings. The summed E-state index contributed by atoms with van der Waals surface area (Å²) in [6, 6.07) is 0.974. The van der Waals surface area contributed by atoms with E-state index in [0.29, 0.717) is 0 Å². The van der Waals surface area contributed by atoms with Gasteiger partial charge in [0, 0.05) is 0 Å². The van der Waals surface area contributed by atoms with E-state index in [1.54, 1.807) is 0 Å². The quantitative estimate of drug-likeness (QED) is 0.570. The Kier molecular flexibility index (Phi) is 3.01. The molecule has 0 heterocycles. The molecule has 5 N–H and O–H groups in total. The number of hydrogen-bond acceptors (Lipinski definition) is 5. The fourth-order valence-electron chi connectivity index (χ4n) is 1.15. The number of phenolic OH excluding ortho intramolecular Hbond substituents is 2. The zero-order chi connectivity index (χ0) is 11.6. The molecule has 0 saturated heterocycles. The third kappa shape index (κ3) is 2.10. The molecule has 0 spiro atoms. The maximum atomic E-state index is 10.6. The van der Waals surface area contributed by atoms with E-state index in [1.165, 1.54) is 7.11 Å². The Labute approximate surface area is 85.5 Å². The lowest BCUT2D eigenvalue weighted by molar-refractivity contribution is -0.138. The van der Waals surface area contributed by atoms with Crippen molar-refractivity contribution in [3.63, 3.8) is 0 Å². The molecule has 0 aliphatic carbocycles. The van der Waals surface area contributed by atoms with Crippen molar-refractivity contribution in [2.45, 2.75) is 6.04 Å². The number of benzene rings is 1. The van der Waals surface area contributed by atoms with Crippen LogP contribution in [0, 0.1) is 0 Å². The summed E-state index contributed by atoms with van der Waals surface area (Å²) < 4.78 is 4.68. The minimum Gasteiger partial charge on any atom is -0.504 e. The number of hydrogen-bond donors (Lipinski definition) is 4. The third-order valence-corrected chi connectivity index (χ3v) is 1.90. The molecule has 1 rings (SSSR count). The van der Waals surface area contributed by atoms with Gasteiger partial charge < -0.3 is 25.8 Å². The SMILES string of the molecule is COc1c(O)cc(C(N)C(=O)O)cc1O. The maximum Gasteiger partial charge on any atom is 0.325 e. The van der Waals surface area contributed by atoms with Crippen LogP contribution in [0.3, 0.4) is 0 Å². The highest BCUT2D eigenvalue weighted by molar-refractivity contribution is 5.76. The Morgan fingerprint density at radius 2 is 1.87 bits per heavy atom. The molecule has 1 aromatic rings. The largest absolute Gasteiger partial charge is 0.504 e. The Bertz CT molecular complexity index is 367. The standard InChI is InChI=1S/C9H11NO5/c1-15-8-5(11)2-4(3-6(8)12)7(10)9(13)14/h2-3,7,11-12H,10H2,1H3,(H,13,14). The van der Waals surface area contributed by atoms with Crippen molar-refractivity contribution in [3.8, 4) is 17.2 Å². The number of methoxy groups -OCH3 is 1. The number of rotatable bonds is 3. The van der Waals surface area contributed by atoms with E-state index in [2.05, 4.69) is 4.74 Å². The minimum atomic E-state index is -1.30. The second kappa shape index (κ2) is 4.05. The summed E-state index contributed by atoms with van der Waals surface area (Å²) in [5, 5.41) is 27.4. The lowest BCUT2D eigenvalue weighted by atomic mass is 10.1. The fraction of sp³-hybridized carbons (Fsp3) is 0.222. The highest BCUT2D eigenvalue weighted by Crippen LogP contribution is 2.37. The zero-order valence-electron chi connectivity index (χ0n) is 7.97. The van der Waals surface area contributed by atoms with Gasteiger partial charge in [0.05, 0.1) is 7.11 Å². The van der Waals surface area contributed by atoms with Gasteiger partial charge in [0.1, 0.15) is 6.04 Å². The van der Waals surface area contributed by atoms with Gasteiger partial charge in [-0.1, -0.05) is 0 Å². The average Bonchev–Trinajstić information content (AvgIpc) is 2.15. The molecule has 1 atom stereocenters. The number of aliphatic carboxylic acids is 1. The third-order valence-electron chi connectivity index (χ3n) is 1.90. The molecule has 0 saturated carbocycles. The lowest BCUT2D eigenvalue weighted by Gasteiger charge is -2.11. The summed E-state index contributed by atoms with van der Waals surface area (Å²) in [4.78, 5) is 10.6. The molecule has 1 unspecified atom stereocenters. The van der Waals surface area contributed by atoms with Gasteiger partial charge in [-0.2, -0.15) is 0 Å². The molecule has 6 nitrogen and oxygen atoms in total. The first kappa shape index (κ1) is 11.1. The topological polar surface area (TPSA) is 113 Å². The van der Waals surface area contributed by atoms with E-state index in [4.69, 9.17) is 10.8 Å². The Hall–Kier alpha value is -1.95. The van der Waals surface area contributed by atoms with Crippen LogP contribution in [0.1, 0.15) is 11.6 Å². The van der Waals surface area contributed by atoms with Crippen LogP contribution < -0.4 is 10.5 Å². The molecule has 0 aliphatic heterocycles. The molecule has 82 valence electrons. The monoisotopic (exact) mass is 213 g/mol. The molecule has 0 aromatic heterocycles. The Morgan fingerprint density at radius 1 is 1.40 bits per heavy atom. The highest BCUT2D eigenvalue weighted by Gasteiger charge is 2.18. The summed E-state index contributed by atoms with van der Waals surface area (Å²) in [5.41, 5.74) is 5.40. The Balaban J connectivity index is 3.19. The van der Waals surface area contributed by atoms with Crippen LogP contribution in [0.4, 0.5) is 0 Å². The van der Waals surface area contributed by atoms with Crippen molar-refractivity contribution in [2.24, 2.45) is 5.73 Å². The van der Waals surface area contributed by atoms with E-state index in [0.717, 1.165) is 12.1 Å². The van der Waals surface area contributed by atoms with Crippen LogP contribution in [0.2, 0.25) is 0 Å². The molecule has 0 amide bonds.